The maximum absolute atomic E-state index is 12.6. The number of piperazine rings is 1. The van der Waals surface area contributed by atoms with E-state index in [0.717, 1.165) is 43.9 Å². The first-order valence-corrected chi connectivity index (χ1v) is 9.23. The number of amides is 1. The van der Waals surface area contributed by atoms with Gasteiger partial charge in [-0.1, -0.05) is 35.9 Å². The summed E-state index contributed by atoms with van der Waals surface area (Å²) in [5.74, 6) is 0.796. The van der Waals surface area contributed by atoms with Crippen molar-refractivity contribution in [2.24, 2.45) is 5.73 Å². The summed E-state index contributed by atoms with van der Waals surface area (Å²) in [5, 5.41) is 0.628. The smallest absolute Gasteiger partial charge is 0.253 e. The Morgan fingerprint density at radius 2 is 1.64 bits per heavy atom. The van der Waals surface area contributed by atoms with Gasteiger partial charge in [-0.15, -0.1) is 24.8 Å². The largest absolute Gasteiger partial charge is 0.491 e. The Hall–Kier alpha value is -1.50. The first-order valence-electron chi connectivity index (χ1n) is 8.85. The third-order valence-electron chi connectivity index (χ3n) is 4.60. The molecule has 0 spiro atoms. The van der Waals surface area contributed by atoms with Crippen LogP contribution in [0.1, 0.15) is 15.9 Å². The molecule has 1 amide bonds. The number of nitrogens with zero attached hydrogens (tertiary/aromatic N) is 2. The van der Waals surface area contributed by atoms with Gasteiger partial charge in [0.1, 0.15) is 12.4 Å². The Balaban J connectivity index is 0.00000196. The van der Waals surface area contributed by atoms with E-state index in [9.17, 15) is 4.79 Å². The minimum atomic E-state index is 0. The van der Waals surface area contributed by atoms with Gasteiger partial charge in [-0.25, -0.2) is 0 Å². The molecule has 0 radical (unpaired) electrons. The molecule has 1 aliphatic heterocycles. The molecule has 1 fully saturated rings. The number of hydrogen-bond donors (Lipinski definition) is 1. The van der Waals surface area contributed by atoms with Gasteiger partial charge in [-0.05, 0) is 29.8 Å². The highest BCUT2D eigenvalue weighted by atomic mass is 35.5. The summed E-state index contributed by atoms with van der Waals surface area (Å²) in [6.07, 6.45) is 0. The average Bonchev–Trinajstić information content (AvgIpc) is 2.69. The van der Waals surface area contributed by atoms with Crippen LogP contribution in [0.25, 0.3) is 0 Å². The average molecular weight is 447 g/mol. The lowest BCUT2D eigenvalue weighted by Gasteiger charge is -2.34. The maximum atomic E-state index is 12.6. The quantitative estimate of drug-likeness (QED) is 0.738. The molecule has 1 saturated heterocycles. The minimum absolute atomic E-state index is 0. The summed E-state index contributed by atoms with van der Waals surface area (Å²) in [6, 6.07) is 15.0. The van der Waals surface area contributed by atoms with Crippen molar-refractivity contribution in [3.8, 4) is 5.75 Å². The fourth-order valence-corrected chi connectivity index (χ4v) is 3.18. The van der Waals surface area contributed by atoms with Gasteiger partial charge in [0, 0.05) is 44.8 Å². The van der Waals surface area contributed by atoms with Crippen molar-refractivity contribution >= 4 is 42.3 Å². The van der Waals surface area contributed by atoms with Gasteiger partial charge in [0.25, 0.3) is 5.91 Å². The van der Waals surface area contributed by atoms with Crippen LogP contribution in [0.3, 0.4) is 0 Å². The highest BCUT2D eigenvalue weighted by Gasteiger charge is 2.22. The zero-order valence-electron chi connectivity index (χ0n) is 15.6. The van der Waals surface area contributed by atoms with Crippen molar-refractivity contribution in [3.63, 3.8) is 0 Å². The fraction of sp³-hybridized carbons (Fsp3) is 0.350. The Bertz CT molecular complexity index is 736. The number of rotatable bonds is 6. The van der Waals surface area contributed by atoms with Crippen molar-refractivity contribution in [1.82, 2.24) is 9.80 Å². The van der Waals surface area contributed by atoms with Crippen LogP contribution in [-0.4, -0.2) is 55.0 Å². The molecule has 154 valence electrons. The second-order valence-corrected chi connectivity index (χ2v) is 6.72. The zero-order valence-corrected chi connectivity index (χ0v) is 17.9. The van der Waals surface area contributed by atoms with Gasteiger partial charge >= 0.3 is 0 Å². The molecule has 2 aromatic rings. The molecule has 0 aliphatic carbocycles. The number of carbonyl (C=O) groups is 1. The summed E-state index contributed by atoms with van der Waals surface area (Å²) >= 11 is 6.09. The summed E-state index contributed by atoms with van der Waals surface area (Å²) in [6.45, 7) is 5.03. The molecule has 0 unspecified atom stereocenters. The zero-order chi connectivity index (χ0) is 18.4. The molecule has 0 saturated carbocycles. The Morgan fingerprint density at radius 1 is 1.00 bits per heavy atom. The standard InChI is InChI=1S/C20H24ClN3O2.2ClH/c21-18-3-1-2-4-19(18)26-14-13-23-9-11-24(12-10-23)20(25)17-7-5-16(15-22)6-8-17;;/h1-8H,9-15,22H2;2*1H. The Morgan fingerprint density at radius 3 is 2.25 bits per heavy atom. The van der Waals surface area contributed by atoms with Gasteiger partial charge in [-0.3, -0.25) is 9.69 Å². The van der Waals surface area contributed by atoms with Crippen LogP contribution in [0.2, 0.25) is 5.02 Å². The number of hydrogen-bond acceptors (Lipinski definition) is 4. The number of ether oxygens (including phenoxy) is 1. The lowest BCUT2D eigenvalue weighted by Crippen LogP contribution is -2.49. The predicted molar refractivity (Wildman–Crippen MR) is 118 cm³/mol. The molecule has 1 aliphatic rings. The van der Waals surface area contributed by atoms with E-state index in [2.05, 4.69) is 4.90 Å². The first kappa shape index (κ1) is 24.5. The second-order valence-electron chi connectivity index (χ2n) is 6.31. The SMILES string of the molecule is Cl.Cl.NCc1ccc(C(=O)N2CCN(CCOc3ccccc3Cl)CC2)cc1. The van der Waals surface area contributed by atoms with E-state index in [0.29, 0.717) is 23.9 Å². The topological polar surface area (TPSA) is 58.8 Å². The van der Waals surface area contributed by atoms with E-state index in [1.165, 1.54) is 0 Å². The maximum Gasteiger partial charge on any atom is 0.253 e. The summed E-state index contributed by atoms with van der Waals surface area (Å²) < 4.78 is 5.74. The molecule has 28 heavy (non-hydrogen) atoms. The van der Waals surface area contributed by atoms with Crippen LogP contribution >= 0.6 is 36.4 Å². The van der Waals surface area contributed by atoms with Crippen LogP contribution in [0.5, 0.6) is 5.75 Å². The van der Waals surface area contributed by atoms with E-state index < -0.39 is 0 Å². The first-order chi connectivity index (χ1) is 12.7. The minimum Gasteiger partial charge on any atom is -0.491 e. The van der Waals surface area contributed by atoms with E-state index in [1.807, 2.05) is 53.4 Å². The number of carbonyl (C=O) groups excluding carboxylic acids is 1. The van der Waals surface area contributed by atoms with E-state index in [4.69, 9.17) is 22.1 Å². The molecule has 2 N–H and O–H groups in total. The normalized spacial score (nSPS) is 14.0. The van der Waals surface area contributed by atoms with E-state index >= 15 is 0 Å². The molecule has 0 bridgehead atoms. The van der Waals surface area contributed by atoms with Crippen LogP contribution in [0.4, 0.5) is 0 Å². The second kappa shape index (κ2) is 12.1. The number of halogens is 3. The van der Waals surface area contributed by atoms with Gasteiger partial charge < -0.3 is 15.4 Å². The van der Waals surface area contributed by atoms with Crippen LogP contribution in [0, 0.1) is 0 Å². The fourth-order valence-electron chi connectivity index (χ4n) is 2.99. The molecule has 1 heterocycles. The lowest BCUT2D eigenvalue weighted by atomic mass is 10.1. The Kier molecular flexibility index (Phi) is 10.6. The molecular weight excluding hydrogens is 421 g/mol. The molecule has 0 atom stereocenters. The number of para-hydroxylation sites is 1. The Labute approximate surface area is 183 Å². The highest BCUT2D eigenvalue weighted by molar-refractivity contribution is 6.32. The predicted octanol–water partition coefficient (Wildman–Crippen LogP) is 3.48. The van der Waals surface area contributed by atoms with E-state index in [1.54, 1.807) is 0 Å². The van der Waals surface area contributed by atoms with Crippen molar-refractivity contribution in [1.29, 1.82) is 0 Å². The van der Waals surface area contributed by atoms with Crippen LogP contribution < -0.4 is 10.5 Å². The van der Waals surface area contributed by atoms with E-state index in [-0.39, 0.29) is 30.7 Å². The number of nitrogens with two attached hydrogens (primary N) is 1. The summed E-state index contributed by atoms with van der Waals surface area (Å²) in [4.78, 5) is 16.8. The van der Waals surface area contributed by atoms with Crippen molar-refractivity contribution in [2.75, 3.05) is 39.3 Å². The molecule has 5 nitrogen and oxygen atoms in total. The van der Waals surface area contributed by atoms with Crippen LogP contribution in [-0.2, 0) is 6.54 Å². The monoisotopic (exact) mass is 445 g/mol. The van der Waals surface area contributed by atoms with Gasteiger partial charge in [0.05, 0.1) is 5.02 Å². The lowest BCUT2D eigenvalue weighted by molar-refractivity contribution is 0.0620. The van der Waals surface area contributed by atoms with Crippen molar-refractivity contribution in [3.05, 3.63) is 64.7 Å². The summed E-state index contributed by atoms with van der Waals surface area (Å²) in [5.41, 5.74) is 7.35. The molecule has 3 rings (SSSR count). The molecule has 0 aromatic heterocycles. The summed E-state index contributed by atoms with van der Waals surface area (Å²) in [7, 11) is 0. The highest BCUT2D eigenvalue weighted by Crippen LogP contribution is 2.23. The number of benzene rings is 2. The van der Waals surface area contributed by atoms with Crippen molar-refractivity contribution in [2.45, 2.75) is 6.54 Å². The van der Waals surface area contributed by atoms with Gasteiger partial charge in [0.2, 0.25) is 0 Å². The third kappa shape index (κ3) is 6.54. The molecular formula is C20H26Cl3N3O2. The molecule has 2 aromatic carbocycles. The third-order valence-corrected chi connectivity index (χ3v) is 4.91. The van der Waals surface area contributed by atoms with Crippen LogP contribution in [0.15, 0.2) is 48.5 Å². The van der Waals surface area contributed by atoms with Crippen molar-refractivity contribution < 1.29 is 9.53 Å². The van der Waals surface area contributed by atoms with Gasteiger partial charge in [-0.2, -0.15) is 0 Å². The molecule has 8 heteroatoms. The van der Waals surface area contributed by atoms with Gasteiger partial charge in [0.15, 0.2) is 0 Å².